The molecule has 0 aromatic carbocycles. The van der Waals surface area contributed by atoms with Crippen molar-refractivity contribution in [3.05, 3.63) is 0 Å². The van der Waals surface area contributed by atoms with Crippen molar-refractivity contribution in [2.45, 2.75) is 57.2 Å². The summed E-state index contributed by atoms with van der Waals surface area (Å²) >= 11 is 1.90. The highest BCUT2D eigenvalue weighted by molar-refractivity contribution is 7.99. The van der Waals surface area contributed by atoms with E-state index in [2.05, 4.69) is 30.7 Å². The molecule has 0 aromatic rings. The topological polar surface area (TPSA) is 61.4 Å². The van der Waals surface area contributed by atoms with Gasteiger partial charge in [-0.15, -0.1) is 0 Å². The first-order valence-electron chi connectivity index (χ1n) is 7.73. The summed E-state index contributed by atoms with van der Waals surface area (Å²) in [6, 6.07) is 0.275. The number of aliphatic hydroxyl groups excluding tert-OH is 1. The van der Waals surface area contributed by atoms with Crippen molar-refractivity contribution in [3.8, 4) is 0 Å². The van der Waals surface area contributed by atoms with Crippen LogP contribution in [0.5, 0.6) is 0 Å². The van der Waals surface area contributed by atoms with E-state index in [1.165, 1.54) is 6.42 Å². The number of rotatable bonds is 8. The Morgan fingerprint density at radius 3 is 2.70 bits per heavy atom. The predicted molar refractivity (Wildman–Crippen MR) is 86.1 cm³/mol. The molecule has 118 valence electrons. The largest absolute Gasteiger partial charge is 0.396 e. The fourth-order valence-corrected chi connectivity index (χ4v) is 3.71. The molecule has 1 fully saturated rings. The van der Waals surface area contributed by atoms with E-state index in [1.807, 2.05) is 11.8 Å². The van der Waals surface area contributed by atoms with Gasteiger partial charge in [0.1, 0.15) is 0 Å². The molecule has 1 saturated carbocycles. The molecule has 0 radical (unpaired) electrons. The lowest BCUT2D eigenvalue weighted by Gasteiger charge is -2.20. The molecule has 3 N–H and O–H groups in total. The highest BCUT2D eigenvalue weighted by Crippen LogP contribution is 2.28. The number of amides is 2. The zero-order chi connectivity index (χ0) is 15.0. The van der Waals surface area contributed by atoms with Crippen LogP contribution in [0, 0.1) is 11.8 Å². The van der Waals surface area contributed by atoms with Crippen molar-refractivity contribution in [2.75, 3.05) is 19.4 Å². The number of urea groups is 1. The molecule has 1 aliphatic rings. The second-order valence-corrected chi connectivity index (χ2v) is 7.37. The van der Waals surface area contributed by atoms with Gasteiger partial charge in [0, 0.05) is 24.4 Å². The summed E-state index contributed by atoms with van der Waals surface area (Å²) in [5, 5.41) is 15.8. The lowest BCUT2D eigenvalue weighted by atomic mass is 9.94. The molecule has 1 aliphatic carbocycles. The quantitative estimate of drug-likeness (QED) is 0.646. The van der Waals surface area contributed by atoms with Gasteiger partial charge in [-0.2, -0.15) is 11.8 Å². The van der Waals surface area contributed by atoms with E-state index in [4.69, 9.17) is 5.11 Å². The number of carbonyl (C=O) groups excluding carboxylic acids is 1. The summed E-state index contributed by atoms with van der Waals surface area (Å²) < 4.78 is 0. The van der Waals surface area contributed by atoms with E-state index in [-0.39, 0.29) is 12.6 Å². The average Bonchev–Trinajstić information content (AvgIpc) is 2.83. The molecule has 3 unspecified atom stereocenters. The van der Waals surface area contributed by atoms with Crippen LogP contribution in [0.25, 0.3) is 0 Å². The van der Waals surface area contributed by atoms with E-state index >= 15 is 0 Å². The lowest BCUT2D eigenvalue weighted by molar-refractivity contribution is 0.222. The highest BCUT2D eigenvalue weighted by atomic mass is 32.2. The van der Waals surface area contributed by atoms with Crippen molar-refractivity contribution in [1.29, 1.82) is 0 Å². The first-order valence-corrected chi connectivity index (χ1v) is 9.02. The molecule has 0 saturated heterocycles. The maximum Gasteiger partial charge on any atom is 0.315 e. The Kier molecular flexibility index (Phi) is 8.38. The summed E-state index contributed by atoms with van der Waals surface area (Å²) in [6.45, 7) is 5.19. The Labute approximate surface area is 127 Å². The Bertz CT molecular complexity index is 287. The van der Waals surface area contributed by atoms with Gasteiger partial charge in [0.25, 0.3) is 0 Å². The summed E-state index contributed by atoms with van der Waals surface area (Å²) in [6.07, 6.45) is 7.31. The summed E-state index contributed by atoms with van der Waals surface area (Å²) in [5.74, 6) is 0.960. The second kappa shape index (κ2) is 9.50. The maximum atomic E-state index is 11.9. The molecule has 20 heavy (non-hydrogen) atoms. The SMILES string of the molecule is CSC1CCC(NC(=O)NCC(CCO)CC(C)C)C1. The number of nitrogens with one attached hydrogen (secondary N) is 2. The van der Waals surface area contributed by atoms with Crippen LogP contribution >= 0.6 is 11.8 Å². The molecule has 3 atom stereocenters. The van der Waals surface area contributed by atoms with E-state index in [1.54, 1.807) is 0 Å². The Hall–Kier alpha value is -0.420. The molecule has 0 aliphatic heterocycles. The number of hydrogen-bond acceptors (Lipinski definition) is 3. The number of hydrogen-bond donors (Lipinski definition) is 3. The van der Waals surface area contributed by atoms with Gasteiger partial charge in [0.2, 0.25) is 0 Å². The third-order valence-electron chi connectivity index (χ3n) is 3.95. The molecule has 4 nitrogen and oxygen atoms in total. The molecule has 2 amide bonds. The van der Waals surface area contributed by atoms with Crippen LogP contribution in [0.15, 0.2) is 0 Å². The fraction of sp³-hybridized carbons (Fsp3) is 0.933. The van der Waals surface area contributed by atoms with Crippen LogP contribution in [0.3, 0.4) is 0 Å². The molecular formula is C15H30N2O2S. The lowest BCUT2D eigenvalue weighted by Crippen LogP contribution is -2.43. The van der Waals surface area contributed by atoms with Gasteiger partial charge in [0.05, 0.1) is 0 Å². The Morgan fingerprint density at radius 2 is 2.15 bits per heavy atom. The molecule has 0 heterocycles. The van der Waals surface area contributed by atoms with Crippen molar-refractivity contribution in [1.82, 2.24) is 10.6 Å². The normalized spacial score (nSPS) is 23.9. The van der Waals surface area contributed by atoms with Gasteiger partial charge in [0.15, 0.2) is 0 Å². The van der Waals surface area contributed by atoms with Gasteiger partial charge in [-0.05, 0) is 50.2 Å². The monoisotopic (exact) mass is 302 g/mol. The van der Waals surface area contributed by atoms with Gasteiger partial charge in [-0.3, -0.25) is 0 Å². The van der Waals surface area contributed by atoms with Gasteiger partial charge in [-0.25, -0.2) is 4.79 Å². The zero-order valence-corrected chi connectivity index (χ0v) is 13.8. The van der Waals surface area contributed by atoms with Gasteiger partial charge >= 0.3 is 6.03 Å². The van der Waals surface area contributed by atoms with E-state index in [9.17, 15) is 4.79 Å². The minimum atomic E-state index is -0.0524. The molecule has 0 spiro atoms. The molecule has 0 bridgehead atoms. The summed E-state index contributed by atoms with van der Waals surface area (Å²) in [4.78, 5) is 11.9. The molecule has 5 heteroatoms. The molecule has 1 rings (SSSR count). The van der Waals surface area contributed by atoms with Crippen molar-refractivity contribution in [3.63, 3.8) is 0 Å². The molecular weight excluding hydrogens is 272 g/mol. The van der Waals surface area contributed by atoms with Crippen molar-refractivity contribution in [2.24, 2.45) is 11.8 Å². The van der Waals surface area contributed by atoms with Crippen LogP contribution in [0.4, 0.5) is 4.79 Å². The van der Waals surface area contributed by atoms with Crippen LogP contribution in [-0.4, -0.2) is 41.8 Å². The Balaban J connectivity index is 2.23. The van der Waals surface area contributed by atoms with E-state index in [0.717, 1.165) is 25.7 Å². The van der Waals surface area contributed by atoms with Crippen LogP contribution in [0.1, 0.15) is 46.0 Å². The zero-order valence-electron chi connectivity index (χ0n) is 13.0. The minimum Gasteiger partial charge on any atom is -0.396 e. The summed E-state index contributed by atoms with van der Waals surface area (Å²) in [5.41, 5.74) is 0. The minimum absolute atomic E-state index is 0.0524. The number of carbonyl (C=O) groups is 1. The van der Waals surface area contributed by atoms with Gasteiger partial charge < -0.3 is 15.7 Å². The third kappa shape index (κ3) is 6.84. The summed E-state index contributed by atoms with van der Waals surface area (Å²) in [7, 11) is 0. The van der Waals surface area contributed by atoms with Crippen LogP contribution in [0.2, 0.25) is 0 Å². The van der Waals surface area contributed by atoms with Gasteiger partial charge in [-0.1, -0.05) is 13.8 Å². The predicted octanol–water partition coefficient (Wildman–Crippen LogP) is 2.61. The maximum absolute atomic E-state index is 11.9. The number of thioether (sulfide) groups is 1. The smallest absolute Gasteiger partial charge is 0.315 e. The average molecular weight is 302 g/mol. The second-order valence-electron chi connectivity index (χ2n) is 6.23. The standard InChI is InChI=1S/C15H30N2O2S/c1-11(2)8-12(6-7-18)10-16-15(19)17-13-4-5-14(9-13)20-3/h11-14,18H,4-10H2,1-3H3,(H2,16,17,19). The first-order chi connectivity index (χ1) is 9.55. The van der Waals surface area contributed by atoms with Crippen LogP contribution in [-0.2, 0) is 0 Å². The van der Waals surface area contributed by atoms with E-state index in [0.29, 0.717) is 29.7 Å². The van der Waals surface area contributed by atoms with E-state index < -0.39 is 0 Å². The fourth-order valence-electron chi connectivity index (χ4n) is 2.91. The Morgan fingerprint density at radius 1 is 1.40 bits per heavy atom. The van der Waals surface area contributed by atoms with Crippen LogP contribution < -0.4 is 10.6 Å². The number of aliphatic hydroxyl groups is 1. The van der Waals surface area contributed by atoms with Crippen molar-refractivity contribution < 1.29 is 9.90 Å². The molecule has 0 aromatic heterocycles. The third-order valence-corrected chi connectivity index (χ3v) is 5.04. The van der Waals surface area contributed by atoms with Crippen molar-refractivity contribution >= 4 is 17.8 Å². The highest BCUT2D eigenvalue weighted by Gasteiger charge is 2.25. The first kappa shape index (κ1) is 17.6.